The lowest BCUT2D eigenvalue weighted by Gasteiger charge is -2.04. The first kappa shape index (κ1) is 13.2. The number of anilines is 1. The Morgan fingerprint density at radius 2 is 2.25 bits per heavy atom. The van der Waals surface area contributed by atoms with Gasteiger partial charge in [0.1, 0.15) is 0 Å². The average molecular weight is 303 g/mol. The maximum Gasteiger partial charge on any atom is 0.258 e. The fourth-order valence-electron chi connectivity index (χ4n) is 1.73. The van der Waals surface area contributed by atoms with Gasteiger partial charge in [-0.15, -0.1) is 11.8 Å². The van der Waals surface area contributed by atoms with E-state index >= 15 is 0 Å². The van der Waals surface area contributed by atoms with Gasteiger partial charge in [0.05, 0.1) is 11.3 Å². The summed E-state index contributed by atoms with van der Waals surface area (Å²) in [7, 11) is 0. The summed E-state index contributed by atoms with van der Waals surface area (Å²) in [5, 5.41) is 7.99. The molecule has 0 saturated heterocycles. The molecule has 0 amide bonds. The van der Waals surface area contributed by atoms with Crippen LogP contribution < -0.4 is 5.73 Å². The topological polar surface area (TPSA) is 64.9 Å². The molecule has 4 nitrogen and oxygen atoms in total. The lowest BCUT2D eigenvalue weighted by molar-refractivity contribution is 0.425. The summed E-state index contributed by atoms with van der Waals surface area (Å²) in [5.74, 6) is 1.93. The van der Waals surface area contributed by atoms with Crippen LogP contribution in [0.4, 0.5) is 5.69 Å². The van der Waals surface area contributed by atoms with Crippen molar-refractivity contribution in [2.75, 3.05) is 5.73 Å². The maximum absolute atomic E-state index is 5.80. The summed E-state index contributed by atoms with van der Waals surface area (Å²) in [5.41, 5.74) is 8.74. The highest BCUT2D eigenvalue weighted by Crippen LogP contribution is 2.28. The molecule has 6 heteroatoms. The van der Waals surface area contributed by atoms with Crippen LogP contribution in [-0.4, -0.2) is 10.1 Å². The maximum atomic E-state index is 5.80. The smallest absolute Gasteiger partial charge is 0.258 e. The summed E-state index contributed by atoms with van der Waals surface area (Å²) in [6.07, 6.45) is 0. The summed E-state index contributed by atoms with van der Waals surface area (Å²) < 4.78 is 5.26. The van der Waals surface area contributed by atoms with E-state index in [-0.39, 0.29) is 0 Å². The molecule has 2 aromatic heterocycles. The molecule has 0 unspecified atom stereocenters. The zero-order valence-corrected chi connectivity index (χ0v) is 12.5. The van der Waals surface area contributed by atoms with Crippen LogP contribution >= 0.6 is 23.1 Å². The second kappa shape index (κ2) is 5.68. The quantitative estimate of drug-likeness (QED) is 0.583. The molecule has 1 aromatic carbocycles. The molecule has 2 heterocycles. The van der Waals surface area contributed by atoms with Gasteiger partial charge in [0.2, 0.25) is 0 Å². The van der Waals surface area contributed by atoms with Crippen LogP contribution in [0.5, 0.6) is 0 Å². The standard InChI is InChI=1S/C14H13N3OS2/c1-9-2-3-11(15)6-12(9)20-8-13-16-14(18-17-13)10-4-5-19-7-10/h2-7H,8,15H2,1H3. The molecule has 0 aliphatic rings. The number of aromatic nitrogens is 2. The lowest BCUT2D eigenvalue weighted by Crippen LogP contribution is -1.89. The number of nitrogens with two attached hydrogens (primary N) is 1. The van der Waals surface area contributed by atoms with E-state index < -0.39 is 0 Å². The summed E-state index contributed by atoms with van der Waals surface area (Å²) in [4.78, 5) is 5.54. The van der Waals surface area contributed by atoms with Gasteiger partial charge in [-0.3, -0.25) is 0 Å². The molecule has 3 aromatic rings. The van der Waals surface area contributed by atoms with E-state index in [0.717, 1.165) is 16.1 Å². The number of thiophene rings is 1. The van der Waals surface area contributed by atoms with E-state index in [9.17, 15) is 0 Å². The molecule has 0 radical (unpaired) electrons. The minimum atomic E-state index is 0.575. The van der Waals surface area contributed by atoms with Gasteiger partial charge in [-0.05, 0) is 36.1 Å². The molecule has 0 atom stereocenters. The molecular formula is C14H13N3OS2. The first-order chi connectivity index (χ1) is 9.72. The van der Waals surface area contributed by atoms with Crippen LogP contribution in [0.3, 0.4) is 0 Å². The molecule has 20 heavy (non-hydrogen) atoms. The number of hydrogen-bond acceptors (Lipinski definition) is 6. The summed E-state index contributed by atoms with van der Waals surface area (Å²) in [6, 6.07) is 7.87. The van der Waals surface area contributed by atoms with Crippen molar-refractivity contribution in [3.8, 4) is 11.5 Å². The summed E-state index contributed by atoms with van der Waals surface area (Å²) >= 11 is 3.27. The van der Waals surface area contributed by atoms with Crippen molar-refractivity contribution < 1.29 is 4.52 Å². The normalized spacial score (nSPS) is 10.8. The first-order valence-electron chi connectivity index (χ1n) is 6.06. The number of nitrogen functional groups attached to an aromatic ring is 1. The van der Waals surface area contributed by atoms with Crippen molar-refractivity contribution in [2.45, 2.75) is 17.6 Å². The van der Waals surface area contributed by atoms with Gasteiger partial charge < -0.3 is 10.3 Å². The molecule has 0 spiro atoms. The van der Waals surface area contributed by atoms with E-state index in [1.165, 1.54) is 5.56 Å². The predicted molar refractivity (Wildman–Crippen MR) is 82.8 cm³/mol. The van der Waals surface area contributed by atoms with E-state index in [0.29, 0.717) is 17.5 Å². The highest BCUT2D eigenvalue weighted by molar-refractivity contribution is 7.98. The Hall–Kier alpha value is -1.79. The molecule has 0 bridgehead atoms. The number of aryl methyl sites for hydroxylation is 1. The van der Waals surface area contributed by atoms with Crippen molar-refractivity contribution in [2.24, 2.45) is 0 Å². The fraction of sp³-hybridized carbons (Fsp3) is 0.143. The van der Waals surface area contributed by atoms with E-state index in [2.05, 4.69) is 17.1 Å². The minimum Gasteiger partial charge on any atom is -0.399 e. The van der Waals surface area contributed by atoms with Gasteiger partial charge in [-0.25, -0.2) is 0 Å². The number of nitrogens with zero attached hydrogens (tertiary/aromatic N) is 2. The van der Waals surface area contributed by atoms with Crippen LogP contribution in [0.1, 0.15) is 11.4 Å². The van der Waals surface area contributed by atoms with Gasteiger partial charge in [-0.1, -0.05) is 11.2 Å². The van der Waals surface area contributed by atoms with Gasteiger partial charge in [0.25, 0.3) is 5.89 Å². The number of thioether (sulfide) groups is 1. The third-order valence-electron chi connectivity index (χ3n) is 2.81. The molecule has 0 aliphatic carbocycles. The zero-order chi connectivity index (χ0) is 13.9. The second-order valence-corrected chi connectivity index (χ2v) is 6.14. The van der Waals surface area contributed by atoms with Crippen LogP contribution in [-0.2, 0) is 5.75 Å². The van der Waals surface area contributed by atoms with Gasteiger partial charge in [0, 0.05) is 16.0 Å². The Bertz CT molecular complexity index is 707. The Balaban J connectivity index is 1.71. The summed E-state index contributed by atoms with van der Waals surface area (Å²) in [6.45, 7) is 2.06. The second-order valence-electron chi connectivity index (χ2n) is 4.34. The number of rotatable bonds is 4. The van der Waals surface area contributed by atoms with Crippen LogP contribution in [0.25, 0.3) is 11.5 Å². The van der Waals surface area contributed by atoms with Gasteiger partial charge >= 0.3 is 0 Å². The van der Waals surface area contributed by atoms with Crippen molar-refractivity contribution in [3.05, 3.63) is 46.4 Å². The van der Waals surface area contributed by atoms with Crippen molar-refractivity contribution in [3.63, 3.8) is 0 Å². The first-order valence-corrected chi connectivity index (χ1v) is 7.99. The number of benzene rings is 1. The highest BCUT2D eigenvalue weighted by Gasteiger charge is 2.10. The SMILES string of the molecule is Cc1ccc(N)cc1SCc1noc(-c2ccsc2)n1. The molecule has 3 rings (SSSR count). The highest BCUT2D eigenvalue weighted by atomic mass is 32.2. The van der Waals surface area contributed by atoms with Crippen molar-refractivity contribution >= 4 is 28.8 Å². The van der Waals surface area contributed by atoms with E-state index in [4.69, 9.17) is 10.3 Å². The van der Waals surface area contributed by atoms with Crippen LogP contribution in [0.2, 0.25) is 0 Å². The Labute approximate surface area is 125 Å². The Morgan fingerprint density at radius 1 is 1.35 bits per heavy atom. The molecule has 0 aliphatic heterocycles. The largest absolute Gasteiger partial charge is 0.399 e. The molecule has 2 N–H and O–H groups in total. The third kappa shape index (κ3) is 2.86. The molecular weight excluding hydrogens is 290 g/mol. The lowest BCUT2D eigenvalue weighted by atomic mass is 10.2. The van der Waals surface area contributed by atoms with E-state index in [1.54, 1.807) is 23.1 Å². The zero-order valence-electron chi connectivity index (χ0n) is 10.9. The average Bonchev–Trinajstić information content (AvgIpc) is 3.09. The van der Waals surface area contributed by atoms with Gasteiger partial charge in [-0.2, -0.15) is 16.3 Å². The minimum absolute atomic E-state index is 0.575. The van der Waals surface area contributed by atoms with Crippen molar-refractivity contribution in [1.29, 1.82) is 0 Å². The Morgan fingerprint density at radius 3 is 3.05 bits per heavy atom. The monoisotopic (exact) mass is 303 g/mol. The molecule has 102 valence electrons. The van der Waals surface area contributed by atoms with Gasteiger partial charge in [0.15, 0.2) is 5.82 Å². The van der Waals surface area contributed by atoms with Crippen molar-refractivity contribution in [1.82, 2.24) is 10.1 Å². The Kier molecular flexibility index (Phi) is 3.75. The van der Waals surface area contributed by atoms with E-state index in [1.807, 2.05) is 35.0 Å². The molecule has 0 saturated carbocycles. The fourth-order valence-corrected chi connectivity index (χ4v) is 3.28. The third-order valence-corrected chi connectivity index (χ3v) is 4.64. The molecule has 0 fully saturated rings. The van der Waals surface area contributed by atoms with Crippen LogP contribution in [0, 0.1) is 6.92 Å². The number of hydrogen-bond donors (Lipinski definition) is 1. The van der Waals surface area contributed by atoms with Crippen LogP contribution in [0.15, 0.2) is 44.4 Å². The predicted octanol–water partition coefficient (Wildman–Crippen LogP) is 3.98.